The van der Waals surface area contributed by atoms with Gasteiger partial charge in [-0.3, -0.25) is 9.88 Å². The monoisotopic (exact) mass is 622 g/mol. The van der Waals surface area contributed by atoms with Crippen molar-refractivity contribution < 1.29 is 9.47 Å². The number of nitrogens with zero attached hydrogens (tertiary/aromatic N) is 4. The molecule has 0 saturated heterocycles. The number of hydrogen-bond acceptors (Lipinski definition) is 8. The molecule has 4 aromatic rings. The Hall–Kier alpha value is -3.66. The van der Waals surface area contributed by atoms with Crippen molar-refractivity contribution in [2.24, 2.45) is 10.4 Å². The third kappa shape index (κ3) is 8.17. The lowest BCUT2D eigenvalue weighted by molar-refractivity contribution is 0.260. The molecule has 0 spiro atoms. The Morgan fingerprint density at radius 3 is 2.27 bits per heavy atom. The van der Waals surface area contributed by atoms with Crippen LogP contribution in [0.4, 0.5) is 0 Å². The van der Waals surface area contributed by atoms with Crippen molar-refractivity contribution in [3.05, 3.63) is 121 Å². The smallest absolute Gasteiger partial charge is 0.142 e. The number of halogens is 2. The van der Waals surface area contributed by atoms with Crippen molar-refractivity contribution in [1.29, 1.82) is 0 Å². The maximum absolute atomic E-state index is 10.7. The fourth-order valence-electron chi connectivity index (χ4n) is 4.15. The van der Waals surface area contributed by atoms with Crippen LogP contribution in [0.1, 0.15) is 16.7 Å². The van der Waals surface area contributed by atoms with Crippen LogP contribution >= 0.6 is 27.5 Å². The quantitative estimate of drug-likeness (QED) is 0.126. The lowest BCUT2D eigenvalue weighted by Crippen LogP contribution is -2.28. The second-order valence-corrected chi connectivity index (χ2v) is 10.2. The van der Waals surface area contributed by atoms with Crippen LogP contribution in [0.25, 0.3) is 11.1 Å². The third-order valence-corrected chi connectivity index (χ3v) is 7.42. The van der Waals surface area contributed by atoms with Crippen LogP contribution in [0.2, 0.25) is 5.02 Å². The Kier molecular flexibility index (Phi) is 11.2. The standard InChI is InChI=1S/C30H28BrClN4O4/c31-30-24(9-4-10-26(30)23-7-2-1-3-8-23)21-40-29-17-28(39-20-22-6-5-11-33-18-22)25(16-27(29)32)19-36(14-12-34-37)15-13-35-38/h1-11,16-18H,12-15,19-21H2. The van der Waals surface area contributed by atoms with E-state index in [0.717, 1.165) is 32.3 Å². The Bertz CT molecular complexity index is 1400. The van der Waals surface area contributed by atoms with Gasteiger partial charge in [0.1, 0.15) is 24.7 Å². The number of ether oxygens (including phenoxy) is 2. The van der Waals surface area contributed by atoms with Crippen LogP contribution in [0, 0.1) is 9.81 Å². The van der Waals surface area contributed by atoms with Gasteiger partial charge in [-0.15, -0.1) is 0 Å². The molecule has 206 valence electrons. The average molecular weight is 624 g/mol. The summed E-state index contributed by atoms with van der Waals surface area (Å²) >= 11 is 10.4. The first-order valence-electron chi connectivity index (χ1n) is 12.7. The van der Waals surface area contributed by atoms with Crippen LogP contribution in [-0.4, -0.2) is 36.1 Å². The van der Waals surface area contributed by atoms with Crippen molar-refractivity contribution in [1.82, 2.24) is 9.88 Å². The summed E-state index contributed by atoms with van der Waals surface area (Å²) in [7, 11) is 0. The second kappa shape index (κ2) is 15.2. The molecule has 0 amide bonds. The molecule has 1 aromatic heterocycles. The number of pyridine rings is 1. The molecule has 4 rings (SSSR count). The van der Waals surface area contributed by atoms with Gasteiger partial charge in [-0.05, 0) is 39.2 Å². The zero-order valence-electron chi connectivity index (χ0n) is 21.7. The predicted octanol–water partition coefficient (Wildman–Crippen LogP) is 7.66. The Balaban J connectivity index is 1.58. The lowest BCUT2D eigenvalue weighted by Gasteiger charge is -2.22. The molecule has 0 N–H and O–H groups in total. The zero-order valence-corrected chi connectivity index (χ0v) is 24.1. The predicted molar refractivity (Wildman–Crippen MR) is 161 cm³/mol. The van der Waals surface area contributed by atoms with Gasteiger partial charge >= 0.3 is 0 Å². The van der Waals surface area contributed by atoms with Gasteiger partial charge < -0.3 is 9.47 Å². The van der Waals surface area contributed by atoms with Gasteiger partial charge in [-0.25, -0.2) is 0 Å². The van der Waals surface area contributed by atoms with E-state index in [4.69, 9.17) is 21.1 Å². The minimum absolute atomic E-state index is 0.0938. The highest BCUT2D eigenvalue weighted by atomic mass is 79.9. The molecule has 0 radical (unpaired) electrons. The SMILES string of the molecule is O=NCCN(CCN=O)Cc1cc(Cl)c(OCc2cccc(-c3ccccc3)c2Br)cc1OCc1cccnc1. The maximum atomic E-state index is 10.7. The van der Waals surface area contributed by atoms with Gasteiger partial charge in [0.15, 0.2) is 0 Å². The van der Waals surface area contributed by atoms with Gasteiger partial charge in [0, 0.05) is 59.3 Å². The number of benzene rings is 3. The summed E-state index contributed by atoms with van der Waals surface area (Å²) in [5, 5.41) is 6.32. The highest BCUT2D eigenvalue weighted by molar-refractivity contribution is 9.10. The van der Waals surface area contributed by atoms with E-state index < -0.39 is 0 Å². The molecule has 10 heteroatoms. The van der Waals surface area contributed by atoms with Gasteiger partial charge in [-0.2, -0.15) is 9.81 Å². The zero-order chi connectivity index (χ0) is 28.2. The average Bonchev–Trinajstić information content (AvgIpc) is 2.99. The molecule has 3 aromatic carbocycles. The van der Waals surface area contributed by atoms with E-state index in [-0.39, 0.29) is 19.7 Å². The van der Waals surface area contributed by atoms with E-state index in [9.17, 15) is 9.81 Å². The van der Waals surface area contributed by atoms with Crippen LogP contribution < -0.4 is 9.47 Å². The van der Waals surface area contributed by atoms with Crippen LogP contribution in [0.3, 0.4) is 0 Å². The molecule has 0 bridgehead atoms. The highest BCUT2D eigenvalue weighted by Gasteiger charge is 2.16. The molecular formula is C30H28BrClN4O4. The van der Waals surface area contributed by atoms with E-state index in [1.54, 1.807) is 24.5 Å². The molecule has 1 heterocycles. The van der Waals surface area contributed by atoms with Crippen molar-refractivity contribution in [2.75, 3.05) is 26.2 Å². The van der Waals surface area contributed by atoms with Gasteiger partial charge in [0.25, 0.3) is 0 Å². The fourth-order valence-corrected chi connectivity index (χ4v) is 5.00. The number of rotatable bonds is 15. The fraction of sp³-hybridized carbons (Fsp3) is 0.233. The molecule has 8 nitrogen and oxygen atoms in total. The normalized spacial score (nSPS) is 10.9. The Morgan fingerprint density at radius 2 is 1.57 bits per heavy atom. The molecule has 0 fully saturated rings. The van der Waals surface area contributed by atoms with Crippen molar-refractivity contribution in [2.45, 2.75) is 19.8 Å². The molecule has 0 aliphatic rings. The molecular weight excluding hydrogens is 596 g/mol. The van der Waals surface area contributed by atoms with E-state index in [1.165, 1.54) is 0 Å². The van der Waals surface area contributed by atoms with E-state index in [1.807, 2.05) is 47.4 Å². The highest BCUT2D eigenvalue weighted by Crippen LogP contribution is 2.36. The van der Waals surface area contributed by atoms with E-state index >= 15 is 0 Å². The summed E-state index contributed by atoms with van der Waals surface area (Å²) in [6.07, 6.45) is 3.44. The van der Waals surface area contributed by atoms with Crippen molar-refractivity contribution >= 4 is 27.5 Å². The Labute approximate surface area is 246 Å². The first kappa shape index (κ1) is 29.3. The molecule has 0 saturated carbocycles. The topological polar surface area (TPSA) is 93.5 Å². The molecule has 0 aliphatic carbocycles. The summed E-state index contributed by atoms with van der Waals surface area (Å²) in [4.78, 5) is 27.5. The largest absolute Gasteiger partial charge is 0.488 e. The molecule has 0 aliphatic heterocycles. The first-order valence-corrected chi connectivity index (χ1v) is 13.9. The summed E-state index contributed by atoms with van der Waals surface area (Å²) < 4.78 is 13.3. The van der Waals surface area contributed by atoms with Crippen LogP contribution in [-0.2, 0) is 19.8 Å². The number of aromatic nitrogens is 1. The number of nitroso groups, excluding NO2 is 2. The second-order valence-electron chi connectivity index (χ2n) is 8.96. The minimum atomic E-state index is 0.0938. The van der Waals surface area contributed by atoms with Crippen LogP contribution in [0.15, 0.2) is 100 Å². The Morgan fingerprint density at radius 1 is 0.825 bits per heavy atom. The summed E-state index contributed by atoms with van der Waals surface area (Å²) in [6, 6.07) is 23.5. The van der Waals surface area contributed by atoms with Gasteiger partial charge in [0.05, 0.1) is 18.1 Å². The summed E-state index contributed by atoms with van der Waals surface area (Å²) in [6.45, 7) is 1.90. The molecule has 0 unspecified atom stereocenters. The molecule has 0 atom stereocenters. The van der Waals surface area contributed by atoms with E-state index in [0.29, 0.717) is 42.8 Å². The van der Waals surface area contributed by atoms with Crippen LogP contribution in [0.5, 0.6) is 11.5 Å². The lowest BCUT2D eigenvalue weighted by atomic mass is 10.0. The maximum Gasteiger partial charge on any atom is 0.142 e. The van der Waals surface area contributed by atoms with E-state index in [2.05, 4.69) is 49.5 Å². The summed E-state index contributed by atoms with van der Waals surface area (Å²) in [5.41, 5.74) is 4.82. The third-order valence-electron chi connectivity index (χ3n) is 6.19. The van der Waals surface area contributed by atoms with Gasteiger partial charge in [0.2, 0.25) is 0 Å². The molecule has 40 heavy (non-hydrogen) atoms. The van der Waals surface area contributed by atoms with Gasteiger partial charge in [-0.1, -0.05) is 76.6 Å². The summed E-state index contributed by atoms with van der Waals surface area (Å²) in [5.74, 6) is 1.04. The van der Waals surface area contributed by atoms with Crippen molar-refractivity contribution in [3.8, 4) is 22.6 Å². The number of hydrogen-bond donors (Lipinski definition) is 0. The van der Waals surface area contributed by atoms with Crippen molar-refractivity contribution in [3.63, 3.8) is 0 Å². The minimum Gasteiger partial charge on any atom is -0.488 e. The first-order chi connectivity index (χ1) is 19.6.